The van der Waals surface area contributed by atoms with Crippen molar-refractivity contribution in [3.05, 3.63) is 12.2 Å². The first-order valence-electron chi connectivity index (χ1n) is 5.55. The number of rotatable bonds is 7. The Morgan fingerprint density at radius 1 is 1.33 bits per heavy atom. The molecule has 0 aromatic rings. The molecule has 0 heterocycles. The Bertz CT molecular complexity index is 425. The molecule has 1 atom stereocenters. The van der Waals surface area contributed by atoms with Gasteiger partial charge >= 0.3 is 5.97 Å². The van der Waals surface area contributed by atoms with Gasteiger partial charge in [0.05, 0.1) is 5.25 Å². The normalized spacial score (nSPS) is 13.8. The molecule has 1 unspecified atom stereocenters. The van der Waals surface area contributed by atoms with Crippen molar-refractivity contribution < 1.29 is 23.1 Å². The van der Waals surface area contributed by atoms with Gasteiger partial charge in [0.1, 0.15) is 11.8 Å². The number of hydrogen-bond donors (Lipinski definition) is 2. The van der Waals surface area contributed by atoms with Crippen LogP contribution in [0.2, 0.25) is 0 Å². The Kier molecular flexibility index (Phi) is 6.61. The number of carbonyl (C=O) groups is 2. The van der Waals surface area contributed by atoms with Crippen LogP contribution in [-0.2, 0) is 19.4 Å². The summed E-state index contributed by atoms with van der Waals surface area (Å²) in [5.41, 5.74) is 0. The Morgan fingerprint density at radius 2 is 1.89 bits per heavy atom. The number of carboxylic acids is 1. The van der Waals surface area contributed by atoms with Gasteiger partial charge in [0.25, 0.3) is 0 Å². The monoisotopic (exact) mass is 277 g/mol. The van der Waals surface area contributed by atoms with E-state index in [4.69, 9.17) is 5.11 Å². The van der Waals surface area contributed by atoms with Gasteiger partial charge in [-0.3, -0.25) is 4.79 Å². The number of amides is 1. The van der Waals surface area contributed by atoms with Gasteiger partial charge in [-0.15, -0.1) is 0 Å². The molecular weight excluding hydrogens is 258 g/mol. The summed E-state index contributed by atoms with van der Waals surface area (Å²) < 4.78 is 23.0. The first-order valence-corrected chi connectivity index (χ1v) is 7.27. The molecule has 0 spiro atoms. The zero-order valence-electron chi connectivity index (χ0n) is 10.7. The minimum absolute atomic E-state index is 0.124. The third-order valence-corrected chi connectivity index (χ3v) is 4.39. The Labute approximate surface area is 107 Å². The molecule has 0 aromatic carbocycles. The molecule has 0 bridgehead atoms. The fraction of sp³-hybridized carbons (Fsp3) is 0.636. The lowest BCUT2D eigenvalue weighted by Crippen LogP contribution is -2.43. The second kappa shape index (κ2) is 7.15. The van der Waals surface area contributed by atoms with E-state index in [1.165, 1.54) is 13.8 Å². The summed E-state index contributed by atoms with van der Waals surface area (Å²) in [5, 5.41) is 10.4. The van der Waals surface area contributed by atoms with Gasteiger partial charge in [-0.05, 0) is 27.2 Å². The van der Waals surface area contributed by atoms with Crippen LogP contribution in [0.4, 0.5) is 0 Å². The minimum Gasteiger partial charge on any atom is -0.480 e. The topological polar surface area (TPSA) is 101 Å². The molecule has 2 N–H and O–H groups in total. The van der Waals surface area contributed by atoms with Crippen LogP contribution in [0.1, 0.15) is 27.2 Å². The average molecular weight is 277 g/mol. The number of aliphatic carboxylic acids is 1. The maximum Gasteiger partial charge on any atom is 0.326 e. The van der Waals surface area contributed by atoms with Gasteiger partial charge in [0.2, 0.25) is 5.91 Å². The third kappa shape index (κ3) is 5.81. The molecule has 0 aliphatic heterocycles. The van der Waals surface area contributed by atoms with Crippen molar-refractivity contribution in [2.75, 3.05) is 5.75 Å². The standard InChI is InChI=1S/C11H19NO5S/c1-4-5-6-9(11(14)15)12-10(13)7-18(16,17)8(2)3/h4-5,8-9H,6-7H2,1-3H3,(H,12,13)(H,14,15)/b5-4+. The summed E-state index contributed by atoms with van der Waals surface area (Å²) in [4.78, 5) is 22.3. The Morgan fingerprint density at radius 3 is 2.28 bits per heavy atom. The highest BCUT2D eigenvalue weighted by atomic mass is 32.2. The Balaban J connectivity index is 4.58. The van der Waals surface area contributed by atoms with Crippen molar-refractivity contribution in [3.63, 3.8) is 0 Å². The van der Waals surface area contributed by atoms with Crippen molar-refractivity contribution in [2.24, 2.45) is 0 Å². The molecular formula is C11H19NO5S. The smallest absolute Gasteiger partial charge is 0.326 e. The molecule has 6 nitrogen and oxygen atoms in total. The largest absolute Gasteiger partial charge is 0.480 e. The lowest BCUT2D eigenvalue weighted by atomic mass is 10.2. The number of carboxylic acid groups (broad SMARTS) is 1. The number of nitrogens with one attached hydrogen (secondary N) is 1. The molecule has 18 heavy (non-hydrogen) atoms. The maximum atomic E-state index is 11.5. The molecule has 0 saturated carbocycles. The van der Waals surface area contributed by atoms with E-state index >= 15 is 0 Å². The fourth-order valence-corrected chi connectivity index (χ4v) is 1.86. The highest BCUT2D eigenvalue weighted by Gasteiger charge is 2.24. The van der Waals surface area contributed by atoms with Crippen LogP contribution < -0.4 is 5.32 Å². The van der Waals surface area contributed by atoms with E-state index < -0.39 is 38.8 Å². The molecule has 0 aromatic heterocycles. The summed E-state index contributed by atoms with van der Waals surface area (Å²) in [6.45, 7) is 4.66. The van der Waals surface area contributed by atoms with Gasteiger partial charge in [-0.1, -0.05) is 12.2 Å². The van der Waals surface area contributed by atoms with E-state index in [-0.39, 0.29) is 6.42 Å². The van der Waals surface area contributed by atoms with Gasteiger partial charge in [-0.2, -0.15) is 0 Å². The van der Waals surface area contributed by atoms with E-state index in [9.17, 15) is 18.0 Å². The van der Waals surface area contributed by atoms with Crippen LogP contribution in [-0.4, -0.2) is 42.4 Å². The second-order valence-electron chi connectivity index (χ2n) is 4.12. The molecule has 0 aliphatic rings. The molecule has 1 amide bonds. The van der Waals surface area contributed by atoms with Crippen LogP contribution in [0.25, 0.3) is 0 Å². The molecule has 7 heteroatoms. The molecule has 104 valence electrons. The van der Waals surface area contributed by atoms with Gasteiger partial charge in [0.15, 0.2) is 9.84 Å². The zero-order chi connectivity index (χ0) is 14.3. The van der Waals surface area contributed by atoms with Crippen molar-refractivity contribution >= 4 is 21.7 Å². The third-order valence-electron chi connectivity index (χ3n) is 2.29. The fourth-order valence-electron chi connectivity index (χ4n) is 1.08. The van der Waals surface area contributed by atoms with E-state index in [2.05, 4.69) is 5.32 Å². The maximum absolute atomic E-state index is 11.5. The quantitative estimate of drug-likeness (QED) is 0.654. The lowest BCUT2D eigenvalue weighted by molar-refractivity contribution is -0.141. The van der Waals surface area contributed by atoms with Gasteiger partial charge in [-0.25, -0.2) is 13.2 Å². The number of carbonyl (C=O) groups excluding carboxylic acids is 1. The van der Waals surface area contributed by atoms with E-state index in [1.54, 1.807) is 19.1 Å². The summed E-state index contributed by atoms with van der Waals surface area (Å²) in [7, 11) is -3.51. The molecule has 0 fully saturated rings. The number of hydrogen-bond acceptors (Lipinski definition) is 4. The SMILES string of the molecule is C/C=C/CC(NC(=O)CS(=O)(=O)C(C)C)C(=O)O. The average Bonchev–Trinajstić information content (AvgIpc) is 2.22. The van der Waals surface area contributed by atoms with E-state index in [0.29, 0.717) is 0 Å². The van der Waals surface area contributed by atoms with Crippen LogP contribution in [0.5, 0.6) is 0 Å². The van der Waals surface area contributed by atoms with Crippen LogP contribution in [0.15, 0.2) is 12.2 Å². The predicted octanol–water partition coefficient (Wildman–Crippen LogP) is 0.345. The summed E-state index contributed by atoms with van der Waals surface area (Å²) >= 11 is 0. The van der Waals surface area contributed by atoms with Gasteiger partial charge in [0, 0.05) is 0 Å². The molecule has 0 radical (unpaired) electrons. The van der Waals surface area contributed by atoms with Crippen LogP contribution in [0.3, 0.4) is 0 Å². The van der Waals surface area contributed by atoms with Crippen molar-refractivity contribution in [1.29, 1.82) is 0 Å². The Hall–Kier alpha value is -1.37. The highest BCUT2D eigenvalue weighted by molar-refractivity contribution is 7.92. The zero-order valence-corrected chi connectivity index (χ0v) is 11.5. The van der Waals surface area contributed by atoms with Crippen molar-refractivity contribution in [1.82, 2.24) is 5.32 Å². The summed E-state index contributed by atoms with van der Waals surface area (Å²) in [5.74, 6) is -2.67. The first kappa shape index (κ1) is 16.6. The van der Waals surface area contributed by atoms with Gasteiger partial charge < -0.3 is 10.4 Å². The number of allylic oxidation sites excluding steroid dienone is 1. The highest BCUT2D eigenvalue weighted by Crippen LogP contribution is 2.01. The predicted molar refractivity (Wildman–Crippen MR) is 67.9 cm³/mol. The lowest BCUT2D eigenvalue weighted by Gasteiger charge is -2.13. The van der Waals surface area contributed by atoms with Crippen molar-refractivity contribution in [2.45, 2.75) is 38.5 Å². The summed E-state index contributed by atoms with van der Waals surface area (Å²) in [6, 6.07) is -1.10. The summed E-state index contributed by atoms with van der Waals surface area (Å²) in [6.07, 6.45) is 3.38. The van der Waals surface area contributed by atoms with Crippen LogP contribution in [0, 0.1) is 0 Å². The van der Waals surface area contributed by atoms with Crippen molar-refractivity contribution in [3.8, 4) is 0 Å². The molecule has 0 aliphatic carbocycles. The minimum atomic E-state index is -3.51. The van der Waals surface area contributed by atoms with Crippen LogP contribution >= 0.6 is 0 Å². The van der Waals surface area contributed by atoms with E-state index in [1.807, 2.05) is 0 Å². The number of sulfone groups is 1. The molecule has 0 saturated heterocycles. The molecule has 0 rings (SSSR count). The first-order chi connectivity index (χ1) is 8.20. The van der Waals surface area contributed by atoms with E-state index in [0.717, 1.165) is 0 Å². The second-order valence-corrected chi connectivity index (χ2v) is 6.68.